The lowest BCUT2D eigenvalue weighted by Crippen LogP contribution is -2.38. The normalized spacial score (nSPS) is 17.0. The smallest absolute Gasteiger partial charge is 0.320 e. The zero-order valence-electron chi connectivity index (χ0n) is 22.0. The molecule has 36 heavy (non-hydrogen) atoms. The quantitative estimate of drug-likeness (QED) is 0.442. The number of aryl methyl sites for hydroxylation is 1. The maximum Gasteiger partial charge on any atom is 0.320 e. The molecule has 2 heterocycles. The molecule has 196 valence electrons. The van der Waals surface area contributed by atoms with Gasteiger partial charge < -0.3 is 19.1 Å². The lowest BCUT2D eigenvalue weighted by molar-refractivity contribution is 0.0317. The third-order valence-corrected chi connectivity index (χ3v) is 6.54. The van der Waals surface area contributed by atoms with Crippen molar-refractivity contribution in [1.82, 2.24) is 14.9 Å². The van der Waals surface area contributed by atoms with Crippen molar-refractivity contribution in [3.05, 3.63) is 35.4 Å². The van der Waals surface area contributed by atoms with Crippen molar-refractivity contribution in [2.45, 2.75) is 46.0 Å². The number of hydrogen-bond acceptors (Lipinski definition) is 9. The fourth-order valence-corrected chi connectivity index (χ4v) is 4.66. The van der Waals surface area contributed by atoms with Crippen LogP contribution in [0.4, 0.5) is 11.6 Å². The van der Waals surface area contributed by atoms with Crippen LogP contribution in [0.5, 0.6) is 11.8 Å². The first kappa shape index (κ1) is 26.2. The van der Waals surface area contributed by atoms with Crippen LogP contribution >= 0.6 is 0 Å². The average molecular weight is 497 g/mol. The second-order valence-electron chi connectivity index (χ2n) is 9.23. The van der Waals surface area contributed by atoms with Gasteiger partial charge in [-0.15, -0.1) is 0 Å². The summed E-state index contributed by atoms with van der Waals surface area (Å²) in [5, 5.41) is 4.78. The Bertz CT molecular complexity index is 1000. The number of nitrogens with zero attached hydrogens (tertiary/aromatic N) is 5. The number of rotatable bonds is 12. The van der Waals surface area contributed by atoms with Gasteiger partial charge in [0.05, 0.1) is 26.0 Å². The van der Waals surface area contributed by atoms with Crippen LogP contribution < -0.4 is 19.8 Å². The molecule has 2 aliphatic rings. The molecule has 0 atom stereocenters. The Balaban J connectivity index is 1.54. The summed E-state index contributed by atoms with van der Waals surface area (Å²) in [6.45, 7) is 11.0. The number of benzene rings is 1. The monoisotopic (exact) mass is 496 g/mol. The summed E-state index contributed by atoms with van der Waals surface area (Å²) in [5.41, 5.74) is 6.68. The largest absolute Gasteiger partial charge is 0.497 e. The molecule has 1 aliphatic heterocycles. The van der Waals surface area contributed by atoms with E-state index in [2.05, 4.69) is 46.2 Å². The zero-order chi connectivity index (χ0) is 25.2. The molecule has 1 N–H and O–H groups in total. The summed E-state index contributed by atoms with van der Waals surface area (Å²) in [6, 6.07) is 8.58. The third kappa shape index (κ3) is 7.07. The van der Waals surface area contributed by atoms with Crippen molar-refractivity contribution in [1.29, 1.82) is 0 Å². The van der Waals surface area contributed by atoms with Crippen molar-refractivity contribution in [3.8, 4) is 11.8 Å². The van der Waals surface area contributed by atoms with E-state index in [4.69, 9.17) is 24.3 Å². The number of methoxy groups -OCH3 is 1. The highest BCUT2D eigenvalue weighted by molar-refractivity contribution is 6.03. The molecule has 4 rings (SSSR count). The van der Waals surface area contributed by atoms with E-state index in [-0.39, 0.29) is 0 Å². The molecule has 0 spiro atoms. The number of aromatic nitrogens is 2. The second kappa shape index (κ2) is 13.4. The Kier molecular flexibility index (Phi) is 9.75. The molecule has 0 unspecified atom stereocenters. The molecule has 0 radical (unpaired) electrons. The maximum absolute atomic E-state index is 6.04. The number of hydrogen-bond donors (Lipinski definition) is 1. The van der Waals surface area contributed by atoms with Crippen LogP contribution in [0, 0.1) is 0 Å². The van der Waals surface area contributed by atoms with Crippen molar-refractivity contribution in [2.75, 3.05) is 70.0 Å². The lowest BCUT2D eigenvalue weighted by Gasteiger charge is -2.26. The number of anilines is 2. The van der Waals surface area contributed by atoms with Gasteiger partial charge >= 0.3 is 6.01 Å². The van der Waals surface area contributed by atoms with Gasteiger partial charge in [-0.2, -0.15) is 15.1 Å². The molecule has 0 amide bonds. The highest BCUT2D eigenvalue weighted by Gasteiger charge is 2.18. The molecule has 0 bridgehead atoms. The number of hydrazone groups is 1. The Labute approximate surface area is 214 Å². The van der Waals surface area contributed by atoms with E-state index in [1.54, 1.807) is 7.11 Å². The second-order valence-corrected chi connectivity index (χ2v) is 9.23. The summed E-state index contributed by atoms with van der Waals surface area (Å²) in [7, 11) is 1.70. The molecule has 1 saturated heterocycles. The molecule has 1 aliphatic carbocycles. The van der Waals surface area contributed by atoms with E-state index in [9.17, 15) is 0 Å². The lowest BCUT2D eigenvalue weighted by atomic mass is 9.90. The van der Waals surface area contributed by atoms with Gasteiger partial charge in [-0.3, -0.25) is 10.3 Å². The maximum atomic E-state index is 6.04. The van der Waals surface area contributed by atoms with Crippen molar-refractivity contribution in [2.24, 2.45) is 5.10 Å². The van der Waals surface area contributed by atoms with Crippen LogP contribution in [0.15, 0.2) is 29.4 Å². The van der Waals surface area contributed by atoms with Gasteiger partial charge in [0.1, 0.15) is 18.2 Å². The summed E-state index contributed by atoms with van der Waals surface area (Å²) >= 11 is 0. The van der Waals surface area contributed by atoms with Crippen LogP contribution in [0.3, 0.4) is 0 Å². The van der Waals surface area contributed by atoms with E-state index in [1.165, 1.54) is 5.56 Å². The van der Waals surface area contributed by atoms with Crippen LogP contribution in [0.2, 0.25) is 0 Å². The highest BCUT2D eigenvalue weighted by atomic mass is 16.5. The van der Waals surface area contributed by atoms with Crippen molar-refractivity contribution >= 4 is 17.3 Å². The standard InChI is InChI=1S/C27H40N6O3/c1-4-11-33(12-5-2)26-20-25(28-27(29-26)36-18-15-32-13-16-35-17-14-32)31-30-24-8-6-7-21-9-10-22(34-3)19-23(21)24/h9-10,19-20H,4-8,11-18H2,1-3H3,(H,28,29,31)/b30-24+. The number of fused-ring (bicyclic) bond motifs is 1. The SMILES string of the molecule is CCCN(CCC)c1cc(N/N=C2\CCCc3ccc(OC)cc32)nc(OCCN2CCOCC2)n1. The molecule has 2 aromatic rings. The van der Waals surface area contributed by atoms with E-state index in [1.807, 2.05) is 12.1 Å². The van der Waals surface area contributed by atoms with Crippen LogP contribution in [0.25, 0.3) is 0 Å². The minimum Gasteiger partial charge on any atom is -0.497 e. The molecule has 0 saturated carbocycles. The average Bonchev–Trinajstić information content (AvgIpc) is 2.92. The van der Waals surface area contributed by atoms with Crippen LogP contribution in [-0.4, -0.2) is 80.2 Å². The molecule has 9 heteroatoms. The zero-order valence-corrected chi connectivity index (χ0v) is 22.0. The fraction of sp³-hybridized carbons (Fsp3) is 0.593. The van der Waals surface area contributed by atoms with Gasteiger partial charge in [-0.25, -0.2) is 0 Å². The minimum absolute atomic E-state index is 0.381. The number of ether oxygens (including phenoxy) is 3. The van der Waals surface area contributed by atoms with Crippen molar-refractivity contribution < 1.29 is 14.2 Å². The summed E-state index contributed by atoms with van der Waals surface area (Å²) in [4.78, 5) is 14.0. The molecule has 1 aromatic heterocycles. The van der Waals surface area contributed by atoms with Crippen LogP contribution in [-0.2, 0) is 11.2 Å². The Morgan fingerprint density at radius 1 is 1.08 bits per heavy atom. The summed E-state index contributed by atoms with van der Waals surface area (Å²) < 4.78 is 16.9. The molecular weight excluding hydrogens is 456 g/mol. The van der Waals surface area contributed by atoms with Crippen molar-refractivity contribution in [3.63, 3.8) is 0 Å². The van der Waals surface area contributed by atoms with Gasteiger partial charge in [0.25, 0.3) is 0 Å². The molecule has 9 nitrogen and oxygen atoms in total. The highest BCUT2D eigenvalue weighted by Crippen LogP contribution is 2.27. The van der Waals surface area contributed by atoms with Gasteiger partial charge in [0.15, 0.2) is 5.82 Å². The molecular formula is C27H40N6O3. The summed E-state index contributed by atoms with van der Waals surface area (Å²) in [5.74, 6) is 2.35. The number of morpholine rings is 1. The van der Waals surface area contributed by atoms with Gasteiger partial charge in [-0.1, -0.05) is 19.9 Å². The van der Waals surface area contributed by atoms with Gasteiger partial charge in [-0.05, 0) is 49.8 Å². The topological polar surface area (TPSA) is 84.3 Å². The first-order valence-electron chi connectivity index (χ1n) is 13.3. The van der Waals surface area contributed by atoms with Gasteiger partial charge in [0.2, 0.25) is 0 Å². The predicted octanol–water partition coefficient (Wildman–Crippen LogP) is 3.98. The fourth-order valence-electron chi connectivity index (χ4n) is 4.66. The summed E-state index contributed by atoms with van der Waals surface area (Å²) in [6.07, 6.45) is 5.12. The van der Waals surface area contributed by atoms with E-state index < -0.39 is 0 Å². The third-order valence-electron chi connectivity index (χ3n) is 6.54. The Hall–Kier alpha value is -2.91. The Morgan fingerprint density at radius 2 is 1.89 bits per heavy atom. The first-order valence-corrected chi connectivity index (χ1v) is 13.3. The van der Waals surface area contributed by atoms with Crippen LogP contribution in [0.1, 0.15) is 50.7 Å². The minimum atomic E-state index is 0.381. The van der Waals surface area contributed by atoms with E-state index >= 15 is 0 Å². The molecule has 1 aromatic carbocycles. The van der Waals surface area contributed by atoms with E-state index in [0.29, 0.717) is 18.4 Å². The first-order chi connectivity index (χ1) is 17.7. The Morgan fingerprint density at radius 3 is 2.64 bits per heavy atom. The molecule has 1 fully saturated rings. The number of nitrogens with one attached hydrogen (secondary N) is 1. The predicted molar refractivity (Wildman–Crippen MR) is 144 cm³/mol. The van der Waals surface area contributed by atoms with E-state index in [0.717, 1.165) is 101 Å². The van der Waals surface area contributed by atoms with Gasteiger partial charge in [0, 0.05) is 44.4 Å².